The number of rotatable bonds is 3. The third kappa shape index (κ3) is 2.94. The lowest BCUT2D eigenvalue weighted by molar-refractivity contribution is -0.265. The Morgan fingerprint density at radius 3 is 0.952 bits per heavy atom. The van der Waals surface area contributed by atoms with E-state index in [1.807, 2.05) is 0 Å². The molecular weight excluding hydrogens is 300 g/mol. The molecule has 21 heavy (non-hydrogen) atoms. The first-order chi connectivity index (χ1) is 9.57. The molecule has 0 aromatic rings. The Balaban J connectivity index is 3.37. The van der Waals surface area contributed by atoms with Crippen molar-refractivity contribution < 1.29 is 59.2 Å². The van der Waals surface area contributed by atoms with Crippen LogP contribution in [0.3, 0.4) is 0 Å². The van der Waals surface area contributed by atoms with Crippen molar-refractivity contribution in [1.29, 1.82) is 0 Å². The summed E-state index contributed by atoms with van der Waals surface area (Å²) < 4.78 is 12.1. The van der Waals surface area contributed by atoms with Crippen LogP contribution in [0.25, 0.3) is 0 Å². The summed E-state index contributed by atoms with van der Waals surface area (Å²) in [4.78, 5) is 34.5. The molecule has 1 aliphatic rings. The van der Waals surface area contributed by atoms with Crippen molar-refractivity contribution in [3.8, 4) is 0 Å². The van der Waals surface area contributed by atoms with Crippen LogP contribution in [0.15, 0.2) is 0 Å². The first kappa shape index (κ1) is 17.2. The minimum absolute atomic E-state index is 1.59. The van der Waals surface area contributed by atoms with E-state index >= 15 is 0 Å². The summed E-state index contributed by atoms with van der Waals surface area (Å²) in [5.74, 6) is -16.4. The fourth-order valence-corrected chi connectivity index (χ4v) is 1.11. The zero-order valence-corrected chi connectivity index (χ0v) is 10.3. The van der Waals surface area contributed by atoms with Gasteiger partial charge < -0.3 is 44.8 Å². The molecule has 1 aliphatic heterocycles. The quantitative estimate of drug-likeness (QED) is 0.214. The van der Waals surface area contributed by atoms with E-state index in [9.17, 15) is 29.7 Å². The van der Waals surface area contributed by atoms with Crippen molar-refractivity contribution in [2.75, 3.05) is 19.8 Å². The van der Waals surface area contributed by atoms with Crippen LogP contribution < -0.4 is 0 Å². The van der Waals surface area contributed by atoms with E-state index in [0.29, 0.717) is 0 Å². The summed E-state index contributed by atoms with van der Waals surface area (Å²) in [6.45, 7) is -4.77. The predicted octanol–water partition coefficient (Wildman–Crippen LogP) is -5.33. The molecule has 6 N–H and O–H groups in total. The second kappa shape index (κ2) is 5.51. The molecule has 1 heterocycles. The number of hydrogen-bond acceptors (Lipinski definition) is 12. The molecule has 0 amide bonds. The number of aliphatic hydroxyl groups is 6. The Kier molecular flexibility index (Phi) is 4.52. The second-order valence-corrected chi connectivity index (χ2v) is 4.00. The van der Waals surface area contributed by atoms with Gasteiger partial charge in [-0.2, -0.15) is 0 Å². The molecule has 1 fully saturated rings. The zero-order chi connectivity index (χ0) is 16.5. The van der Waals surface area contributed by atoms with E-state index in [1.54, 1.807) is 0 Å². The van der Waals surface area contributed by atoms with Crippen LogP contribution in [0.5, 0.6) is 0 Å². The van der Waals surface area contributed by atoms with Gasteiger partial charge in [-0.25, -0.2) is 14.4 Å². The molecular formula is C9H12O12. The van der Waals surface area contributed by atoms with Gasteiger partial charge >= 0.3 is 35.3 Å². The van der Waals surface area contributed by atoms with Crippen LogP contribution in [-0.2, 0) is 28.6 Å². The topological polar surface area (TPSA) is 200 Å². The molecule has 1 saturated heterocycles. The van der Waals surface area contributed by atoms with Gasteiger partial charge in [-0.15, -0.1) is 0 Å². The molecule has 12 heteroatoms. The molecule has 3 unspecified atom stereocenters. The highest BCUT2D eigenvalue weighted by Crippen LogP contribution is 2.24. The van der Waals surface area contributed by atoms with Gasteiger partial charge in [-0.05, 0) is 0 Å². The van der Waals surface area contributed by atoms with E-state index in [1.165, 1.54) is 0 Å². The first-order valence-corrected chi connectivity index (χ1v) is 5.27. The van der Waals surface area contributed by atoms with E-state index < -0.39 is 55.1 Å². The highest BCUT2D eigenvalue weighted by molar-refractivity contribution is 5.91. The number of ether oxygens (including phenoxy) is 3. The van der Waals surface area contributed by atoms with Crippen molar-refractivity contribution in [2.24, 2.45) is 0 Å². The second-order valence-electron chi connectivity index (χ2n) is 4.00. The summed E-state index contributed by atoms with van der Waals surface area (Å²) in [6, 6.07) is 0. The molecule has 0 aromatic heterocycles. The van der Waals surface area contributed by atoms with Gasteiger partial charge in [0.2, 0.25) is 0 Å². The van der Waals surface area contributed by atoms with Gasteiger partial charge in [0.25, 0.3) is 0 Å². The first-order valence-electron chi connectivity index (χ1n) is 5.27. The molecule has 0 aliphatic carbocycles. The minimum Gasteiger partial charge on any atom is -0.414 e. The monoisotopic (exact) mass is 312 g/mol. The summed E-state index contributed by atoms with van der Waals surface area (Å²) in [5, 5.41) is 55.3. The van der Waals surface area contributed by atoms with Crippen LogP contribution in [0.2, 0.25) is 0 Å². The fraction of sp³-hybridized carbons (Fsp3) is 0.667. The molecule has 0 radical (unpaired) electrons. The number of esters is 3. The molecule has 0 bridgehead atoms. The highest BCUT2D eigenvalue weighted by Gasteiger charge is 2.57. The Morgan fingerprint density at radius 2 is 0.810 bits per heavy atom. The summed E-state index contributed by atoms with van der Waals surface area (Å²) in [6.07, 6.45) is 0. The minimum atomic E-state index is -3.42. The average Bonchev–Trinajstić information content (AvgIpc) is 2.46. The Morgan fingerprint density at radius 1 is 0.619 bits per heavy atom. The van der Waals surface area contributed by atoms with Crippen LogP contribution in [0.4, 0.5) is 0 Å². The van der Waals surface area contributed by atoms with E-state index in [2.05, 4.69) is 14.2 Å². The molecule has 12 nitrogen and oxygen atoms in total. The number of hydrogen-bond donors (Lipinski definition) is 6. The molecule has 0 spiro atoms. The predicted molar refractivity (Wildman–Crippen MR) is 54.4 cm³/mol. The lowest BCUT2D eigenvalue weighted by atomic mass is 10.2. The molecule has 0 saturated carbocycles. The standard InChI is InChI=1S/C9H12O12/c10-1-7(16)4(13)20-9(18,3-12)6(15)21-8(17,2-11)5(14)19-7/h10-12,16-18H,1-3H2. The fourth-order valence-electron chi connectivity index (χ4n) is 1.11. The number of carbonyl (C=O) groups excluding carboxylic acids is 3. The van der Waals surface area contributed by atoms with Crippen LogP contribution in [0, 0.1) is 0 Å². The average molecular weight is 312 g/mol. The third-order valence-electron chi connectivity index (χ3n) is 2.38. The van der Waals surface area contributed by atoms with Crippen molar-refractivity contribution >= 4 is 17.9 Å². The van der Waals surface area contributed by atoms with E-state index in [-0.39, 0.29) is 0 Å². The summed E-state index contributed by atoms with van der Waals surface area (Å²) in [7, 11) is 0. The number of aliphatic hydroxyl groups excluding tert-OH is 3. The van der Waals surface area contributed by atoms with Gasteiger partial charge in [0.05, 0.1) is 0 Å². The van der Waals surface area contributed by atoms with E-state index in [0.717, 1.165) is 0 Å². The highest BCUT2D eigenvalue weighted by atomic mass is 16.8. The lowest BCUT2D eigenvalue weighted by Gasteiger charge is -2.26. The molecule has 3 atom stereocenters. The summed E-state index contributed by atoms with van der Waals surface area (Å²) in [5.41, 5.74) is 0. The number of carbonyl (C=O) groups is 3. The van der Waals surface area contributed by atoms with Crippen molar-refractivity contribution in [2.45, 2.75) is 17.4 Å². The maximum Gasteiger partial charge on any atom is 0.385 e. The van der Waals surface area contributed by atoms with Gasteiger partial charge in [0, 0.05) is 0 Å². The van der Waals surface area contributed by atoms with Gasteiger partial charge in [-0.3, -0.25) is 0 Å². The van der Waals surface area contributed by atoms with Crippen LogP contribution >= 0.6 is 0 Å². The van der Waals surface area contributed by atoms with Crippen molar-refractivity contribution in [3.63, 3.8) is 0 Å². The Hall–Kier alpha value is -1.83. The van der Waals surface area contributed by atoms with Gasteiger partial charge in [0.1, 0.15) is 19.8 Å². The molecule has 120 valence electrons. The van der Waals surface area contributed by atoms with Gasteiger partial charge in [0.15, 0.2) is 0 Å². The number of cyclic esters (lactones) is 3. The van der Waals surface area contributed by atoms with Crippen molar-refractivity contribution in [3.05, 3.63) is 0 Å². The van der Waals surface area contributed by atoms with E-state index in [4.69, 9.17) is 15.3 Å². The van der Waals surface area contributed by atoms with Crippen molar-refractivity contribution in [1.82, 2.24) is 0 Å². The lowest BCUT2D eigenvalue weighted by Crippen LogP contribution is -2.54. The SMILES string of the molecule is O=C1OC(O)(CO)C(=O)OC(O)(CO)C(=O)OC1(O)CO. The smallest absolute Gasteiger partial charge is 0.385 e. The maximum atomic E-state index is 11.5. The van der Waals surface area contributed by atoms with Crippen LogP contribution in [-0.4, -0.2) is 85.7 Å². The largest absolute Gasteiger partial charge is 0.414 e. The molecule has 0 aromatic carbocycles. The molecule has 1 rings (SSSR count). The van der Waals surface area contributed by atoms with Crippen LogP contribution in [0.1, 0.15) is 0 Å². The zero-order valence-electron chi connectivity index (χ0n) is 10.3. The van der Waals surface area contributed by atoms with Gasteiger partial charge in [-0.1, -0.05) is 0 Å². The Labute approximate surface area is 115 Å². The summed E-state index contributed by atoms with van der Waals surface area (Å²) >= 11 is 0. The Bertz CT molecular complexity index is 395. The maximum absolute atomic E-state index is 11.5. The third-order valence-corrected chi connectivity index (χ3v) is 2.38. The normalized spacial score (nSPS) is 37.7.